The molecule has 1 atom stereocenters. The minimum atomic E-state index is -3.28. The van der Waals surface area contributed by atoms with Crippen LogP contribution in [0.5, 0.6) is 5.75 Å². The van der Waals surface area contributed by atoms with Gasteiger partial charge in [0.05, 0.1) is 10.9 Å². The number of rotatable bonds is 6. The number of nitrogens with one attached hydrogen (secondary N) is 1. The molecule has 0 bridgehead atoms. The first-order valence-corrected chi connectivity index (χ1v) is 9.23. The van der Waals surface area contributed by atoms with Crippen molar-refractivity contribution in [2.75, 3.05) is 12.9 Å². The molecule has 2 aromatic rings. The van der Waals surface area contributed by atoms with E-state index in [0.29, 0.717) is 11.6 Å². The van der Waals surface area contributed by atoms with E-state index in [2.05, 4.69) is 5.32 Å². The average molecular weight is 369 g/mol. The fourth-order valence-corrected chi connectivity index (χ4v) is 2.74. The number of hydrogen-bond acceptors (Lipinski definition) is 4. The standard InChI is InChI=1S/C17H17F2NO4S/c1-11(12-3-6-14(7-4-12)25(2,22)23)20-17(21)10-24-16-8-5-13(18)9-15(16)19/h3-9,11H,10H2,1-2H3,(H,20,21). The highest BCUT2D eigenvalue weighted by atomic mass is 32.2. The van der Waals surface area contributed by atoms with E-state index >= 15 is 0 Å². The molecule has 8 heteroatoms. The number of amides is 1. The number of carbonyl (C=O) groups excluding carboxylic acids is 1. The molecular weight excluding hydrogens is 352 g/mol. The van der Waals surface area contributed by atoms with Crippen molar-refractivity contribution in [3.05, 3.63) is 59.7 Å². The Bertz CT molecular complexity index is 867. The number of benzene rings is 2. The Kier molecular flexibility index (Phi) is 5.73. The summed E-state index contributed by atoms with van der Waals surface area (Å²) in [7, 11) is -3.28. The SMILES string of the molecule is CC(NC(=O)COc1ccc(F)cc1F)c1ccc(S(C)(=O)=O)cc1. The van der Waals surface area contributed by atoms with Gasteiger partial charge in [-0.2, -0.15) is 0 Å². The summed E-state index contributed by atoms with van der Waals surface area (Å²) < 4.78 is 54.1. The third-order valence-electron chi connectivity index (χ3n) is 3.44. The van der Waals surface area contributed by atoms with E-state index in [0.717, 1.165) is 18.4 Å². The number of carbonyl (C=O) groups is 1. The van der Waals surface area contributed by atoms with Crippen molar-refractivity contribution in [2.24, 2.45) is 0 Å². The predicted molar refractivity (Wildman–Crippen MR) is 88.0 cm³/mol. The Morgan fingerprint density at radius 1 is 1.16 bits per heavy atom. The van der Waals surface area contributed by atoms with Crippen molar-refractivity contribution in [1.29, 1.82) is 0 Å². The van der Waals surface area contributed by atoms with Crippen LogP contribution in [0.15, 0.2) is 47.4 Å². The summed E-state index contributed by atoms with van der Waals surface area (Å²) in [5, 5.41) is 2.65. The van der Waals surface area contributed by atoms with E-state index in [-0.39, 0.29) is 10.6 Å². The highest BCUT2D eigenvalue weighted by Crippen LogP contribution is 2.18. The molecule has 2 rings (SSSR count). The first-order valence-electron chi connectivity index (χ1n) is 7.34. The molecule has 0 radical (unpaired) electrons. The molecule has 0 aromatic heterocycles. The van der Waals surface area contributed by atoms with Crippen molar-refractivity contribution < 1.29 is 26.7 Å². The van der Waals surface area contributed by atoms with Crippen LogP contribution in [0.25, 0.3) is 0 Å². The summed E-state index contributed by atoms with van der Waals surface area (Å²) in [6.45, 7) is 1.28. The molecule has 0 fully saturated rings. The van der Waals surface area contributed by atoms with E-state index < -0.39 is 40.0 Å². The Balaban J connectivity index is 1.93. The van der Waals surface area contributed by atoms with Crippen LogP contribution in [0.1, 0.15) is 18.5 Å². The Labute approximate surface area is 144 Å². The van der Waals surface area contributed by atoms with E-state index in [1.165, 1.54) is 12.1 Å². The van der Waals surface area contributed by atoms with Crippen LogP contribution in [0.3, 0.4) is 0 Å². The Hall–Kier alpha value is -2.48. The van der Waals surface area contributed by atoms with Gasteiger partial charge < -0.3 is 10.1 Å². The van der Waals surface area contributed by atoms with Gasteiger partial charge in [0.25, 0.3) is 5.91 Å². The van der Waals surface area contributed by atoms with Crippen molar-refractivity contribution in [3.8, 4) is 5.75 Å². The topological polar surface area (TPSA) is 72.5 Å². The number of hydrogen-bond donors (Lipinski definition) is 1. The molecule has 0 aliphatic carbocycles. The lowest BCUT2D eigenvalue weighted by atomic mass is 10.1. The first-order chi connectivity index (χ1) is 11.7. The number of sulfone groups is 1. The molecule has 0 aliphatic rings. The summed E-state index contributed by atoms with van der Waals surface area (Å²) in [5.41, 5.74) is 0.703. The van der Waals surface area contributed by atoms with Crippen molar-refractivity contribution in [2.45, 2.75) is 17.9 Å². The second-order valence-electron chi connectivity index (χ2n) is 5.49. The third-order valence-corrected chi connectivity index (χ3v) is 4.57. The summed E-state index contributed by atoms with van der Waals surface area (Å²) in [5.74, 6) is -2.34. The number of ether oxygens (including phenoxy) is 1. The van der Waals surface area contributed by atoms with Crippen LogP contribution in [0.2, 0.25) is 0 Å². The van der Waals surface area contributed by atoms with Crippen LogP contribution in [-0.2, 0) is 14.6 Å². The van der Waals surface area contributed by atoms with Crippen LogP contribution in [0.4, 0.5) is 8.78 Å². The summed E-state index contributed by atoms with van der Waals surface area (Å²) in [4.78, 5) is 12.1. The van der Waals surface area contributed by atoms with Crippen molar-refractivity contribution in [3.63, 3.8) is 0 Å². The molecule has 0 heterocycles. The first kappa shape index (κ1) is 18.9. The van der Waals surface area contributed by atoms with Gasteiger partial charge in [-0.1, -0.05) is 12.1 Å². The molecule has 2 aromatic carbocycles. The van der Waals surface area contributed by atoms with E-state index in [1.807, 2.05) is 0 Å². The molecule has 0 aliphatic heterocycles. The van der Waals surface area contributed by atoms with Gasteiger partial charge in [0.15, 0.2) is 28.0 Å². The molecule has 1 N–H and O–H groups in total. The van der Waals surface area contributed by atoms with Crippen molar-refractivity contribution in [1.82, 2.24) is 5.32 Å². The maximum atomic E-state index is 13.4. The summed E-state index contributed by atoms with van der Waals surface area (Å²) in [6.07, 6.45) is 1.11. The summed E-state index contributed by atoms with van der Waals surface area (Å²) in [6, 6.07) is 8.51. The molecular formula is C17H17F2NO4S. The van der Waals surface area contributed by atoms with Crippen molar-refractivity contribution >= 4 is 15.7 Å². The second-order valence-corrected chi connectivity index (χ2v) is 7.51. The fraction of sp³-hybridized carbons (Fsp3) is 0.235. The molecule has 1 amide bonds. The molecule has 0 saturated carbocycles. The molecule has 1 unspecified atom stereocenters. The number of halogens is 2. The van der Waals surface area contributed by atoms with Gasteiger partial charge in [-0.25, -0.2) is 17.2 Å². The van der Waals surface area contributed by atoms with Crippen LogP contribution in [0, 0.1) is 11.6 Å². The van der Waals surface area contributed by atoms with Gasteiger partial charge in [-0.3, -0.25) is 4.79 Å². The van der Waals surface area contributed by atoms with Crippen LogP contribution >= 0.6 is 0 Å². The third kappa shape index (κ3) is 5.25. The highest BCUT2D eigenvalue weighted by molar-refractivity contribution is 7.90. The molecule has 0 spiro atoms. The smallest absolute Gasteiger partial charge is 0.258 e. The Morgan fingerprint density at radius 2 is 1.80 bits per heavy atom. The molecule has 5 nitrogen and oxygen atoms in total. The highest BCUT2D eigenvalue weighted by Gasteiger charge is 2.13. The van der Waals surface area contributed by atoms with E-state index in [4.69, 9.17) is 4.74 Å². The maximum Gasteiger partial charge on any atom is 0.258 e. The maximum absolute atomic E-state index is 13.4. The summed E-state index contributed by atoms with van der Waals surface area (Å²) >= 11 is 0. The molecule has 25 heavy (non-hydrogen) atoms. The molecule has 0 saturated heterocycles. The van der Waals surface area contributed by atoms with Crippen LogP contribution in [-0.4, -0.2) is 27.2 Å². The van der Waals surface area contributed by atoms with Gasteiger partial charge in [0, 0.05) is 12.3 Å². The van der Waals surface area contributed by atoms with Crippen LogP contribution < -0.4 is 10.1 Å². The van der Waals surface area contributed by atoms with Gasteiger partial charge in [0.1, 0.15) is 5.82 Å². The van der Waals surface area contributed by atoms with Gasteiger partial charge in [-0.05, 0) is 36.8 Å². The van der Waals surface area contributed by atoms with Gasteiger partial charge in [0.2, 0.25) is 0 Å². The fourth-order valence-electron chi connectivity index (χ4n) is 2.11. The minimum absolute atomic E-state index is 0.185. The van der Waals surface area contributed by atoms with Gasteiger partial charge >= 0.3 is 0 Å². The van der Waals surface area contributed by atoms with E-state index in [1.54, 1.807) is 19.1 Å². The minimum Gasteiger partial charge on any atom is -0.481 e. The normalized spacial score (nSPS) is 12.5. The lowest BCUT2D eigenvalue weighted by molar-refractivity contribution is -0.123. The van der Waals surface area contributed by atoms with Gasteiger partial charge in [-0.15, -0.1) is 0 Å². The predicted octanol–water partition coefficient (Wildman–Crippen LogP) is 2.62. The monoisotopic (exact) mass is 369 g/mol. The zero-order chi connectivity index (χ0) is 18.6. The second kappa shape index (κ2) is 7.60. The average Bonchev–Trinajstić information content (AvgIpc) is 2.53. The lowest BCUT2D eigenvalue weighted by Crippen LogP contribution is -2.31. The zero-order valence-electron chi connectivity index (χ0n) is 13.6. The largest absolute Gasteiger partial charge is 0.481 e. The quantitative estimate of drug-likeness (QED) is 0.850. The van der Waals surface area contributed by atoms with E-state index in [9.17, 15) is 22.0 Å². The lowest BCUT2D eigenvalue weighted by Gasteiger charge is -2.15. The Morgan fingerprint density at radius 3 is 2.36 bits per heavy atom. The molecule has 134 valence electrons. The zero-order valence-corrected chi connectivity index (χ0v) is 14.4.